The molecule has 3 rings (SSSR count). The van der Waals surface area contributed by atoms with E-state index in [1.807, 2.05) is 0 Å². The van der Waals surface area contributed by atoms with Crippen LogP contribution >= 0.6 is 0 Å². The second-order valence-electron chi connectivity index (χ2n) is 4.50. The molecule has 0 aromatic carbocycles. The first-order valence-corrected chi connectivity index (χ1v) is 5.03. The first kappa shape index (κ1) is 6.93. The van der Waals surface area contributed by atoms with Gasteiger partial charge in [0.15, 0.2) is 0 Å². The summed E-state index contributed by atoms with van der Waals surface area (Å²) in [6, 6.07) is 0. The highest BCUT2D eigenvalue weighted by Gasteiger charge is 2.60. The van der Waals surface area contributed by atoms with Gasteiger partial charge in [0.1, 0.15) is 6.10 Å². The van der Waals surface area contributed by atoms with Crippen LogP contribution in [0.5, 0.6) is 0 Å². The minimum atomic E-state index is 0.109. The van der Waals surface area contributed by atoms with E-state index in [1.165, 1.54) is 25.7 Å². The molecule has 0 unspecified atom stereocenters. The second-order valence-corrected chi connectivity index (χ2v) is 4.50. The number of esters is 1. The zero-order chi connectivity index (χ0) is 8.18. The molecule has 0 aromatic heterocycles. The summed E-state index contributed by atoms with van der Waals surface area (Å²) in [6.07, 6.45) is 7.53. The number of hydrogen-bond donors (Lipinski definition) is 0. The number of hydrogen-bond acceptors (Lipinski definition) is 2. The molecule has 2 aliphatic carbocycles. The van der Waals surface area contributed by atoms with Gasteiger partial charge >= 0.3 is 5.97 Å². The summed E-state index contributed by atoms with van der Waals surface area (Å²) < 4.78 is 5.40. The molecule has 1 heterocycles. The molecule has 1 spiro atoms. The van der Waals surface area contributed by atoms with E-state index in [9.17, 15) is 4.79 Å². The van der Waals surface area contributed by atoms with Gasteiger partial charge in [-0.05, 0) is 32.1 Å². The van der Waals surface area contributed by atoms with Crippen LogP contribution in [0.25, 0.3) is 0 Å². The molecule has 0 radical (unpaired) electrons. The molecule has 1 aliphatic heterocycles. The fourth-order valence-corrected chi connectivity index (χ4v) is 3.60. The van der Waals surface area contributed by atoms with Gasteiger partial charge in [0.25, 0.3) is 0 Å². The van der Waals surface area contributed by atoms with Crippen LogP contribution in [0.3, 0.4) is 0 Å². The highest BCUT2D eigenvalue weighted by Crippen LogP contribution is 2.59. The van der Waals surface area contributed by atoms with Crippen LogP contribution in [0.2, 0.25) is 0 Å². The second kappa shape index (κ2) is 2.04. The fourth-order valence-electron chi connectivity index (χ4n) is 3.60. The molecule has 3 aliphatic rings. The van der Waals surface area contributed by atoms with Crippen LogP contribution in [0.15, 0.2) is 0 Å². The Labute approximate surface area is 72.3 Å². The lowest BCUT2D eigenvalue weighted by Gasteiger charge is -2.24. The standard InChI is InChI=1S/C10H14O2/c11-9-7-3-1-5-10(7)6-2-4-8(10)12-9/h7-8H,1-6H2/t7-,8+,10+/m0/s1. The Kier molecular flexibility index (Phi) is 1.18. The van der Waals surface area contributed by atoms with Gasteiger partial charge in [0.05, 0.1) is 5.92 Å². The molecule has 2 nitrogen and oxygen atoms in total. The summed E-state index contributed by atoms with van der Waals surface area (Å²) in [7, 11) is 0. The first-order chi connectivity index (χ1) is 5.83. The predicted molar refractivity (Wildman–Crippen MR) is 43.5 cm³/mol. The largest absolute Gasteiger partial charge is 0.462 e. The molecule has 3 atom stereocenters. The highest BCUT2D eigenvalue weighted by molar-refractivity contribution is 5.77. The Hall–Kier alpha value is -0.530. The Morgan fingerprint density at radius 3 is 2.83 bits per heavy atom. The molecule has 12 heavy (non-hydrogen) atoms. The van der Waals surface area contributed by atoms with E-state index in [0.717, 1.165) is 12.8 Å². The minimum Gasteiger partial charge on any atom is -0.462 e. The van der Waals surface area contributed by atoms with Crippen LogP contribution in [0, 0.1) is 11.3 Å². The van der Waals surface area contributed by atoms with Gasteiger partial charge in [-0.15, -0.1) is 0 Å². The first-order valence-electron chi connectivity index (χ1n) is 5.03. The Bertz CT molecular complexity index is 232. The quantitative estimate of drug-likeness (QED) is 0.513. The van der Waals surface area contributed by atoms with Crippen LogP contribution < -0.4 is 0 Å². The van der Waals surface area contributed by atoms with E-state index in [2.05, 4.69) is 0 Å². The Balaban J connectivity index is 2.03. The third-order valence-corrected chi connectivity index (χ3v) is 4.12. The van der Waals surface area contributed by atoms with E-state index < -0.39 is 0 Å². The summed E-state index contributed by atoms with van der Waals surface area (Å²) in [5, 5.41) is 0. The molecule has 0 N–H and O–H groups in total. The lowest BCUT2D eigenvalue weighted by atomic mass is 9.77. The SMILES string of the molecule is O=C1O[C@@H]2CCC[C@@]23CCC[C@@H]13. The van der Waals surface area contributed by atoms with Crippen molar-refractivity contribution in [2.75, 3.05) is 0 Å². The van der Waals surface area contributed by atoms with Crippen molar-refractivity contribution in [1.29, 1.82) is 0 Å². The van der Waals surface area contributed by atoms with Crippen LogP contribution in [0.1, 0.15) is 38.5 Å². The van der Waals surface area contributed by atoms with Crippen molar-refractivity contribution < 1.29 is 9.53 Å². The summed E-state index contributed by atoms with van der Waals surface area (Å²) in [6.45, 7) is 0. The number of rotatable bonds is 0. The molecule has 0 amide bonds. The molecule has 0 bridgehead atoms. The lowest BCUT2D eigenvalue weighted by Crippen LogP contribution is -2.27. The van der Waals surface area contributed by atoms with Crippen LogP contribution in [-0.4, -0.2) is 12.1 Å². The van der Waals surface area contributed by atoms with E-state index >= 15 is 0 Å². The topological polar surface area (TPSA) is 26.3 Å². The predicted octanol–water partition coefficient (Wildman–Crippen LogP) is 1.88. The molecule has 0 aromatic rings. The lowest BCUT2D eigenvalue weighted by molar-refractivity contribution is -0.144. The van der Waals surface area contributed by atoms with Gasteiger partial charge in [0.2, 0.25) is 0 Å². The smallest absolute Gasteiger partial charge is 0.309 e. The summed E-state index contributed by atoms with van der Waals surface area (Å²) in [5.74, 6) is 0.391. The average molecular weight is 166 g/mol. The fraction of sp³-hybridized carbons (Fsp3) is 0.900. The number of carbonyl (C=O) groups is 1. The molecular formula is C10H14O2. The highest BCUT2D eigenvalue weighted by atomic mass is 16.6. The van der Waals surface area contributed by atoms with Crippen LogP contribution in [-0.2, 0) is 9.53 Å². The Morgan fingerprint density at radius 1 is 1.25 bits per heavy atom. The van der Waals surface area contributed by atoms with E-state index in [4.69, 9.17) is 4.74 Å². The van der Waals surface area contributed by atoms with Gasteiger partial charge in [-0.2, -0.15) is 0 Å². The third kappa shape index (κ3) is 0.606. The normalized spacial score (nSPS) is 50.5. The van der Waals surface area contributed by atoms with E-state index in [-0.39, 0.29) is 11.9 Å². The van der Waals surface area contributed by atoms with Crippen molar-refractivity contribution in [2.24, 2.45) is 11.3 Å². The number of ether oxygens (including phenoxy) is 1. The summed E-state index contributed by atoms with van der Waals surface area (Å²) in [4.78, 5) is 11.4. The average Bonchev–Trinajstić information content (AvgIpc) is 2.63. The monoisotopic (exact) mass is 166 g/mol. The molecule has 2 saturated carbocycles. The molecule has 1 saturated heterocycles. The minimum absolute atomic E-state index is 0.109. The maximum atomic E-state index is 11.4. The number of carbonyl (C=O) groups excluding carboxylic acids is 1. The van der Waals surface area contributed by atoms with Crippen molar-refractivity contribution >= 4 is 5.97 Å². The molecule has 3 fully saturated rings. The van der Waals surface area contributed by atoms with Crippen molar-refractivity contribution in [1.82, 2.24) is 0 Å². The van der Waals surface area contributed by atoms with Gasteiger partial charge < -0.3 is 4.74 Å². The molecular weight excluding hydrogens is 152 g/mol. The zero-order valence-corrected chi connectivity index (χ0v) is 7.21. The van der Waals surface area contributed by atoms with Crippen molar-refractivity contribution in [2.45, 2.75) is 44.6 Å². The zero-order valence-electron chi connectivity index (χ0n) is 7.21. The summed E-state index contributed by atoms with van der Waals surface area (Å²) in [5.41, 5.74) is 0.317. The van der Waals surface area contributed by atoms with Crippen molar-refractivity contribution in [3.63, 3.8) is 0 Å². The Morgan fingerprint density at radius 2 is 2.00 bits per heavy atom. The van der Waals surface area contributed by atoms with Gasteiger partial charge in [-0.1, -0.05) is 6.42 Å². The maximum absolute atomic E-state index is 11.4. The van der Waals surface area contributed by atoms with Crippen molar-refractivity contribution in [3.8, 4) is 0 Å². The van der Waals surface area contributed by atoms with Crippen molar-refractivity contribution in [3.05, 3.63) is 0 Å². The molecule has 66 valence electrons. The van der Waals surface area contributed by atoms with Gasteiger partial charge in [-0.25, -0.2) is 0 Å². The van der Waals surface area contributed by atoms with Gasteiger partial charge in [-0.3, -0.25) is 4.79 Å². The summed E-state index contributed by atoms with van der Waals surface area (Å²) >= 11 is 0. The molecule has 2 heteroatoms. The van der Waals surface area contributed by atoms with Crippen LogP contribution in [0.4, 0.5) is 0 Å². The van der Waals surface area contributed by atoms with E-state index in [0.29, 0.717) is 11.5 Å². The third-order valence-electron chi connectivity index (χ3n) is 4.12. The van der Waals surface area contributed by atoms with E-state index in [1.54, 1.807) is 0 Å². The van der Waals surface area contributed by atoms with Gasteiger partial charge in [0, 0.05) is 5.41 Å². The maximum Gasteiger partial charge on any atom is 0.309 e.